The van der Waals surface area contributed by atoms with Gasteiger partial charge in [-0.2, -0.15) is 0 Å². The van der Waals surface area contributed by atoms with E-state index in [1.54, 1.807) is 30.3 Å². The molecule has 0 N–H and O–H groups in total. The molecule has 106 valence electrons. The fourth-order valence-corrected chi connectivity index (χ4v) is 3.49. The van der Waals surface area contributed by atoms with Crippen molar-refractivity contribution in [2.45, 2.75) is 42.9 Å². The Morgan fingerprint density at radius 3 is 2.15 bits per heavy atom. The molecule has 2 nitrogen and oxygen atoms in total. The molecule has 20 heavy (non-hydrogen) atoms. The summed E-state index contributed by atoms with van der Waals surface area (Å²) in [6.07, 6.45) is 0.829. The molecule has 0 unspecified atom stereocenters. The molecule has 0 amide bonds. The van der Waals surface area contributed by atoms with E-state index >= 15 is 0 Å². The molecule has 0 aliphatic carbocycles. The van der Waals surface area contributed by atoms with Crippen molar-refractivity contribution in [3.05, 3.63) is 59.7 Å². The van der Waals surface area contributed by atoms with Gasteiger partial charge in [0, 0.05) is 0 Å². The summed E-state index contributed by atoms with van der Waals surface area (Å²) >= 11 is 0. The Kier molecular flexibility index (Phi) is 4.29. The maximum atomic E-state index is 12.7. The molecule has 2 aromatic rings. The highest BCUT2D eigenvalue weighted by Gasteiger charge is 2.18. The van der Waals surface area contributed by atoms with Gasteiger partial charge in [-0.05, 0) is 47.7 Å². The summed E-state index contributed by atoms with van der Waals surface area (Å²) in [4.78, 5) is 0.745. The summed E-state index contributed by atoms with van der Waals surface area (Å²) < 4.78 is 25.4. The van der Waals surface area contributed by atoms with Gasteiger partial charge in [-0.15, -0.1) is 0 Å². The van der Waals surface area contributed by atoms with Gasteiger partial charge in [-0.25, -0.2) is 8.42 Å². The van der Waals surface area contributed by atoms with Crippen LogP contribution < -0.4 is 0 Å². The van der Waals surface area contributed by atoms with Crippen molar-refractivity contribution in [1.29, 1.82) is 0 Å². The van der Waals surface area contributed by atoms with Crippen LogP contribution in [0.3, 0.4) is 0 Å². The van der Waals surface area contributed by atoms with Crippen LogP contribution in [0.4, 0.5) is 0 Å². The zero-order valence-electron chi connectivity index (χ0n) is 12.1. The first-order valence-corrected chi connectivity index (χ1v) is 8.37. The van der Waals surface area contributed by atoms with Crippen LogP contribution in [0.25, 0.3) is 0 Å². The maximum absolute atomic E-state index is 12.7. The molecule has 0 saturated carbocycles. The average molecular weight is 288 g/mol. The Morgan fingerprint density at radius 2 is 1.55 bits per heavy atom. The Labute approximate surface area is 121 Å². The summed E-state index contributed by atoms with van der Waals surface area (Å²) in [5.74, 6) is 0.312. The third kappa shape index (κ3) is 2.93. The van der Waals surface area contributed by atoms with Crippen LogP contribution in [0.2, 0.25) is 0 Å². The topological polar surface area (TPSA) is 34.1 Å². The summed E-state index contributed by atoms with van der Waals surface area (Å²) in [5.41, 5.74) is 2.07. The van der Waals surface area contributed by atoms with Crippen LogP contribution in [-0.4, -0.2) is 8.42 Å². The van der Waals surface area contributed by atoms with Crippen molar-refractivity contribution in [3.8, 4) is 0 Å². The van der Waals surface area contributed by atoms with Crippen molar-refractivity contribution < 1.29 is 8.42 Å². The predicted octanol–water partition coefficient (Wildman–Crippen LogP) is 4.21. The lowest BCUT2D eigenvalue weighted by Gasteiger charge is -2.10. The predicted molar refractivity (Wildman–Crippen MR) is 81.8 cm³/mol. The summed E-state index contributed by atoms with van der Waals surface area (Å²) in [5, 5.41) is 0. The zero-order valence-corrected chi connectivity index (χ0v) is 12.9. The van der Waals surface area contributed by atoms with Crippen molar-refractivity contribution in [3.63, 3.8) is 0 Å². The quantitative estimate of drug-likeness (QED) is 0.844. The summed E-state index contributed by atoms with van der Waals surface area (Å²) in [6, 6.07) is 14.4. The zero-order chi connectivity index (χ0) is 14.8. The first kappa shape index (κ1) is 14.8. The monoisotopic (exact) mass is 288 g/mol. The normalized spacial score (nSPS) is 11.8. The SMILES string of the molecule is CCc1cccc(S(=O)(=O)c2cccc(C(C)C)c2)c1. The second-order valence-electron chi connectivity index (χ2n) is 5.23. The molecule has 0 spiro atoms. The third-order valence-electron chi connectivity index (χ3n) is 3.45. The van der Waals surface area contributed by atoms with Crippen molar-refractivity contribution in [2.75, 3.05) is 0 Å². The van der Waals surface area contributed by atoms with Gasteiger partial charge in [0.1, 0.15) is 0 Å². The second kappa shape index (κ2) is 5.80. The molecule has 0 atom stereocenters. The Hall–Kier alpha value is -1.61. The Bertz CT molecular complexity index is 700. The van der Waals surface area contributed by atoms with E-state index in [0.29, 0.717) is 15.7 Å². The highest BCUT2D eigenvalue weighted by atomic mass is 32.2. The lowest BCUT2D eigenvalue weighted by molar-refractivity contribution is 0.595. The van der Waals surface area contributed by atoms with Gasteiger partial charge in [0.05, 0.1) is 9.79 Å². The van der Waals surface area contributed by atoms with Gasteiger partial charge >= 0.3 is 0 Å². The fourth-order valence-electron chi connectivity index (χ4n) is 2.11. The summed E-state index contributed by atoms with van der Waals surface area (Å²) in [6.45, 7) is 6.14. The van der Waals surface area contributed by atoms with E-state index in [9.17, 15) is 8.42 Å². The average Bonchev–Trinajstić information content (AvgIpc) is 2.47. The van der Waals surface area contributed by atoms with E-state index in [0.717, 1.165) is 17.5 Å². The molecule has 2 rings (SSSR count). The molecule has 0 aliphatic rings. The minimum Gasteiger partial charge on any atom is -0.219 e. The number of hydrogen-bond acceptors (Lipinski definition) is 2. The molecule has 3 heteroatoms. The molecule has 0 bridgehead atoms. The van der Waals surface area contributed by atoms with E-state index < -0.39 is 9.84 Å². The Balaban J connectivity index is 2.51. The van der Waals surface area contributed by atoms with Gasteiger partial charge in [0.15, 0.2) is 0 Å². The molecule has 0 heterocycles. The molecule has 0 saturated heterocycles. The first-order chi connectivity index (χ1) is 9.45. The largest absolute Gasteiger partial charge is 0.219 e. The van der Waals surface area contributed by atoms with Crippen LogP contribution in [0.5, 0.6) is 0 Å². The van der Waals surface area contributed by atoms with Gasteiger partial charge in [-0.1, -0.05) is 45.0 Å². The van der Waals surface area contributed by atoms with Crippen LogP contribution in [-0.2, 0) is 16.3 Å². The molecule has 0 aliphatic heterocycles. The van der Waals surface area contributed by atoms with Gasteiger partial charge in [0.25, 0.3) is 0 Å². The van der Waals surface area contributed by atoms with E-state index in [1.165, 1.54) is 0 Å². The Morgan fingerprint density at radius 1 is 0.950 bits per heavy atom. The van der Waals surface area contributed by atoms with Crippen LogP contribution in [0.1, 0.15) is 37.8 Å². The molecule has 0 radical (unpaired) electrons. The molecule has 0 fully saturated rings. The van der Waals surface area contributed by atoms with Gasteiger partial charge in [-0.3, -0.25) is 0 Å². The third-order valence-corrected chi connectivity index (χ3v) is 5.20. The van der Waals surface area contributed by atoms with E-state index in [-0.39, 0.29) is 0 Å². The fraction of sp³-hybridized carbons (Fsp3) is 0.294. The van der Waals surface area contributed by atoms with E-state index in [2.05, 4.69) is 13.8 Å². The van der Waals surface area contributed by atoms with Crippen LogP contribution in [0, 0.1) is 0 Å². The highest BCUT2D eigenvalue weighted by Crippen LogP contribution is 2.25. The van der Waals surface area contributed by atoms with Crippen molar-refractivity contribution >= 4 is 9.84 Å². The molecule has 0 aromatic heterocycles. The molecular weight excluding hydrogens is 268 g/mol. The van der Waals surface area contributed by atoms with Crippen LogP contribution >= 0.6 is 0 Å². The van der Waals surface area contributed by atoms with Gasteiger partial charge in [0.2, 0.25) is 9.84 Å². The number of hydrogen-bond donors (Lipinski definition) is 0. The maximum Gasteiger partial charge on any atom is 0.206 e. The van der Waals surface area contributed by atoms with Crippen molar-refractivity contribution in [1.82, 2.24) is 0 Å². The smallest absolute Gasteiger partial charge is 0.206 e. The van der Waals surface area contributed by atoms with Gasteiger partial charge < -0.3 is 0 Å². The number of benzene rings is 2. The number of rotatable bonds is 4. The first-order valence-electron chi connectivity index (χ1n) is 6.89. The van der Waals surface area contributed by atoms with E-state index in [1.807, 2.05) is 25.1 Å². The lowest BCUT2D eigenvalue weighted by atomic mass is 10.0. The van der Waals surface area contributed by atoms with Crippen molar-refractivity contribution in [2.24, 2.45) is 0 Å². The van der Waals surface area contributed by atoms with E-state index in [4.69, 9.17) is 0 Å². The van der Waals surface area contributed by atoms with Crippen LogP contribution in [0.15, 0.2) is 58.3 Å². The molecule has 2 aromatic carbocycles. The minimum absolute atomic E-state index is 0.312. The standard InChI is InChI=1S/C17H20O2S/c1-4-14-7-5-9-16(11-14)20(18,19)17-10-6-8-15(12-17)13(2)3/h5-13H,4H2,1-3H3. The molecular formula is C17H20O2S. The minimum atomic E-state index is -3.43. The number of aryl methyl sites for hydroxylation is 1. The lowest BCUT2D eigenvalue weighted by Crippen LogP contribution is -2.03. The number of sulfone groups is 1. The highest BCUT2D eigenvalue weighted by molar-refractivity contribution is 7.91. The second-order valence-corrected chi connectivity index (χ2v) is 7.18. The summed E-state index contributed by atoms with van der Waals surface area (Å²) in [7, 11) is -3.43.